The van der Waals surface area contributed by atoms with Gasteiger partial charge in [-0.3, -0.25) is 24.1 Å². The van der Waals surface area contributed by atoms with Crippen molar-refractivity contribution in [1.29, 1.82) is 0 Å². The van der Waals surface area contributed by atoms with Crippen molar-refractivity contribution in [1.82, 2.24) is 14.9 Å². The fraction of sp³-hybridized carbons (Fsp3) is 0.286. The van der Waals surface area contributed by atoms with E-state index < -0.39 is 53.6 Å². The van der Waals surface area contributed by atoms with Crippen molar-refractivity contribution in [2.45, 2.75) is 59.2 Å². The normalized spacial score (nSPS) is 15.5. The Morgan fingerprint density at radius 3 is 1.98 bits per heavy atom. The SMILES string of the molecule is CC(=O)N([C@@H](Cc1ccccc1)C(=O)C(=O)OC(C)C)N1C(=O)C(C(C)C)N(C(=O)c2ccc(Cl)cc2)C=C1c1ccccc1. The fourth-order valence-electron chi connectivity index (χ4n) is 5.23. The third-order valence-electron chi connectivity index (χ3n) is 7.23. The topological polar surface area (TPSA) is 104 Å². The number of carbonyl (C=O) groups excluding carboxylic acids is 5. The molecule has 0 N–H and O–H groups in total. The highest BCUT2D eigenvalue weighted by Crippen LogP contribution is 2.34. The minimum Gasteiger partial charge on any atom is -0.457 e. The van der Waals surface area contributed by atoms with Crippen LogP contribution in [-0.4, -0.2) is 62.6 Å². The van der Waals surface area contributed by atoms with Crippen LogP contribution in [0, 0.1) is 5.92 Å². The minimum atomic E-state index is -1.43. The molecule has 0 aliphatic carbocycles. The summed E-state index contributed by atoms with van der Waals surface area (Å²) in [5.74, 6) is -4.23. The zero-order chi connectivity index (χ0) is 32.8. The molecule has 1 unspecified atom stereocenters. The highest BCUT2D eigenvalue weighted by molar-refractivity contribution is 6.36. The maximum atomic E-state index is 14.7. The Kier molecular flexibility index (Phi) is 10.6. The Bertz CT molecular complexity index is 1590. The van der Waals surface area contributed by atoms with Crippen molar-refractivity contribution >= 4 is 46.8 Å². The summed E-state index contributed by atoms with van der Waals surface area (Å²) in [6.07, 6.45) is 0.863. The summed E-state index contributed by atoms with van der Waals surface area (Å²) < 4.78 is 5.24. The van der Waals surface area contributed by atoms with E-state index in [1.165, 1.54) is 18.0 Å². The zero-order valence-corrected chi connectivity index (χ0v) is 26.6. The van der Waals surface area contributed by atoms with E-state index in [1.807, 2.05) is 0 Å². The Labute approximate surface area is 268 Å². The summed E-state index contributed by atoms with van der Waals surface area (Å²) in [7, 11) is 0. The van der Waals surface area contributed by atoms with Crippen molar-refractivity contribution in [3.05, 3.63) is 113 Å². The van der Waals surface area contributed by atoms with Crippen molar-refractivity contribution in [3.63, 3.8) is 0 Å². The summed E-state index contributed by atoms with van der Waals surface area (Å²) in [6, 6.07) is 21.5. The number of hydrazine groups is 1. The molecule has 0 saturated heterocycles. The van der Waals surface area contributed by atoms with E-state index in [-0.39, 0.29) is 12.1 Å². The second-order valence-corrected chi connectivity index (χ2v) is 11.8. The fourth-order valence-corrected chi connectivity index (χ4v) is 5.35. The molecule has 3 aromatic carbocycles. The van der Waals surface area contributed by atoms with Gasteiger partial charge in [-0.15, -0.1) is 0 Å². The van der Waals surface area contributed by atoms with Crippen LogP contribution >= 0.6 is 11.6 Å². The highest BCUT2D eigenvalue weighted by atomic mass is 35.5. The van der Waals surface area contributed by atoms with Gasteiger partial charge in [-0.1, -0.05) is 86.1 Å². The van der Waals surface area contributed by atoms with E-state index in [9.17, 15) is 24.0 Å². The lowest BCUT2D eigenvalue weighted by Gasteiger charge is -2.46. The van der Waals surface area contributed by atoms with Crippen LogP contribution in [0.2, 0.25) is 5.02 Å². The quantitative estimate of drug-likeness (QED) is 0.215. The second-order valence-electron chi connectivity index (χ2n) is 11.3. The number of nitrogens with zero attached hydrogens (tertiary/aromatic N) is 3. The average molecular weight is 630 g/mol. The number of ether oxygens (including phenoxy) is 1. The molecule has 4 rings (SSSR count). The molecule has 10 heteroatoms. The van der Waals surface area contributed by atoms with Gasteiger partial charge in [0.2, 0.25) is 5.91 Å². The molecule has 9 nitrogen and oxygen atoms in total. The summed E-state index contributed by atoms with van der Waals surface area (Å²) in [6.45, 7) is 8.03. The molecule has 0 bridgehead atoms. The number of esters is 1. The predicted molar refractivity (Wildman–Crippen MR) is 170 cm³/mol. The summed E-state index contributed by atoms with van der Waals surface area (Å²) in [5, 5.41) is 2.62. The molecule has 234 valence electrons. The van der Waals surface area contributed by atoms with Gasteiger partial charge in [-0.25, -0.2) is 14.8 Å². The minimum absolute atomic E-state index is 0.0714. The Morgan fingerprint density at radius 1 is 0.867 bits per heavy atom. The van der Waals surface area contributed by atoms with Crippen molar-refractivity contribution in [3.8, 4) is 0 Å². The van der Waals surface area contributed by atoms with E-state index >= 15 is 0 Å². The van der Waals surface area contributed by atoms with Crippen LogP contribution in [-0.2, 0) is 30.3 Å². The number of amides is 3. The van der Waals surface area contributed by atoms with Gasteiger partial charge in [0.25, 0.3) is 17.6 Å². The van der Waals surface area contributed by atoms with Crippen LogP contribution in [0.1, 0.15) is 56.1 Å². The number of ketones is 1. The number of Topliss-reactive ketones (excluding diaryl/α,β-unsaturated/α-hetero) is 1. The maximum Gasteiger partial charge on any atom is 0.377 e. The lowest BCUT2D eigenvalue weighted by molar-refractivity contribution is -0.171. The summed E-state index contributed by atoms with van der Waals surface area (Å²) >= 11 is 6.06. The molecular formula is C35H36ClN3O6. The van der Waals surface area contributed by atoms with Crippen molar-refractivity contribution < 1.29 is 28.7 Å². The lowest BCUT2D eigenvalue weighted by Crippen LogP contribution is -2.64. The number of carbonyl (C=O) groups is 5. The first-order valence-corrected chi connectivity index (χ1v) is 15.1. The Hall–Kier alpha value is -4.76. The van der Waals surface area contributed by atoms with Crippen LogP contribution in [0.4, 0.5) is 0 Å². The molecule has 0 aromatic heterocycles. The van der Waals surface area contributed by atoms with Crippen LogP contribution in [0.25, 0.3) is 5.70 Å². The number of hydrogen-bond acceptors (Lipinski definition) is 6. The lowest BCUT2D eigenvalue weighted by atomic mass is 9.96. The number of benzene rings is 3. The molecule has 3 aromatic rings. The van der Waals surface area contributed by atoms with Gasteiger partial charge in [0.1, 0.15) is 12.1 Å². The molecule has 0 radical (unpaired) electrons. The summed E-state index contributed by atoms with van der Waals surface area (Å²) in [4.78, 5) is 70.4. The first-order valence-electron chi connectivity index (χ1n) is 14.7. The zero-order valence-electron chi connectivity index (χ0n) is 25.8. The van der Waals surface area contributed by atoms with Crippen LogP contribution in [0.5, 0.6) is 0 Å². The second kappa shape index (κ2) is 14.3. The Balaban J connectivity index is 1.93. The molecule has 45 heavy (non-hydrogen) atoms. The van der Waals surface area contributed by atoms with E-state index in [1.54, 1.807) is 113 Å². The molecule has 0 fully saturated rings. The molecule has 0 saturated carbocycles. The third-order valence-corrected chi connectivity index (χ3v) is 7.48. The predicted octanol–water partition coefficient (Wildman–Crippen LogP) is 5.54. The molecule has 1 aliphatic heterocycles. The molecule has 1 heterocycles. The van der Waals surface area contributed by atoms with Gasteiger partial charge in [-0.05, 0) is 49.6 Å². The van der Waals surface area contributed by atoms with Gasteiger partial charge in [-0.2, -0.15) is 0 Å². The van der Waals surface area contributed by atoms with E-state index in [0.29, 0.717) is 21.7 Å². The first kappa shape index (κ1) is 33.1. The van der Waals surface area contributed by atoms with E-state index in [4.69, 9.17) is 16.3 Å². The van der Waals surface area contributed by atoms with Gasteiger partial charge in [0, 0.05) is 35.7 Å². The molecular weight excluding hydrogens is 594 g/mol. The van der Waals surface area contributed by atoms with Gasteiger partial charge < -0.3 is 4.74 Å². The van der Waals surface area contributed by atoms with Crippen LogP contribution in [0.15, 0.2) is 91.1 Å². The molecule has 1 aliphatic rings. The third kappa shape index (κ3) is 7.49. The maximum absolute atomic E-state index is 14.7. The highest BCUT2D eigenvalue weighted by Gasteiger charge is 2.47. The number of halogens is 1. The van der Waals surface area contributed by atoms with E-state index in [2.05, 4.69) is 0 Å². The summed E-state index contributed by atoms with van der Waals surface area (Å²) in [5.41, 5.74) is 1.66. The number of hydrogen-bond donors (Lipinski definition) is 0. The average Bonchev–Trinajstić information content (AvgIpc) is 3.01. The van der Waals surface area contributed by atoms with Gasteiger partial charge in [0.05, 0.1) is 11.8 Å². The smallest absolute Gasteiger partial charge is 0.377 e. The first-order chi connectivity index (χ1) is 21.4. The Morgan fingerprint density at radius 2 is 1.44 bits per heavy atom. The molecule has 3 amide bonds. The molecule has 2 atom stereocenters. The largest absolute Gasteiger partial charge is 0.457 e. The monoisotopic (exact) mass is 629 g/mol. The van der Waals surface area contributed by atoms with E-state index in [0.717, 1.165) is 10.0 Å². The van der Waals surface area contributed by atoms with Crippen LogP contribution in [0.3, 0.4) is 0 Å². The standard InChI is InChI=1S/C35H36ClN3O6/c1-22(2)31-34(43)39(30(26-14-10-7-11-15-26)21-37(31)33(42)27-16-18-28(36)19-17-27)38(24(5)40)29(20-25-12-8-6-9-13-25)32(41)35(44)45-23(3)4/h6-19,21-23,29,31H,20H2,1-5H3/t29-,31?/m0/s1. The van der Waals surface area contributed by atoms with Crippen LogP contribution < -0.4 is 0 Å². The van der Waals surface area contributed by atoms with Gasteiger partial charge >= 0.3 is 5.97 Å². The van der Waals surface area contributed by atoms with Crippen molar-refractivity contribution in [2.24, 2.45) is 5.92 Å². The van der Waals surface area contributed by atoms with Crippen molar-refractivity contribution in [2.75, 3.05) is 0 Å². The number of rotatable bonds is 10. The van der Waals surface area contributed by atoms with Gasteiger partial charge in [0.15, 0.2) is 0 Å². The molecule has 0 spiro atoms.